The number of nitrogens with two attached hydrogens (primary N) is 1. The molecule has 1 saturated heterocycles. The molecule has 1 aromatic heterocycles. The lowest BCUT2D eigenvalue weighted by Crippen LogP contribution is -2.36. The van der Waals surface area contributed by atoms with Crippen LogP contribution in [0.4, 0.5) is 29.1 Å². The SMILES string of the molecule is CC.N=C/C(=C\C(N)=Nc1cc(N2CCOCC2)ncc1F)c1ccc(C(F)(F)F)cc1. The van der Waals surface area contributed by atoms with E-state index in [-0.39, 0.29) is 17.1 Å². The highest BCUT2D eigenvalue weighted by atomic mass is 19.4. The molecule has 2 aromatic rings. The number of halogens is 4. The van der Waals surface area contributed by atoms with Gasteiger partial charge in [0.1, 0.15) is 17.3 Å². The molecule has 1 fully saturated rings. The number of pyridine rings is 1. The Hall–Kier alpha value is -3.27. The molecule has 2 heterocycles. The average molecular weight is 451 g/mol. The zero-order valence-electron chi connectivity index (χ0n) is 17.8. The summed E-state index contributed by atoms with van der Waals surface area (Å²) in [5.41, 5.74) is 5.63. The number of amidine groups is 1. The van der Waals surface area contributed by atoms with Crippen molar-refractivity contribution in [3.63, 3.8) is 0 Å². The number of hydrogen-bond donors (Lipinski definition) is 2. The molecule has 0 unspecified atom stereocenters. The van der Waals surface area contributed by atoms with E-state index < -0.39 is 17.6 Å². The quantitative estimate of drug-likeness (QED) is 0.388. The molecule has 1 aliphatic rings. The van der Waals surface area contributed by atoms with Gasteiger partial charge < -0.3 is 20.8 Å². The summed E-state index contributed by atoms with van der Waals surface area (Å²) in [6, 6.07) is 5.75. The van der Waals surface area contributed by atoms with Crippen LogP contribution in [0.5, 0.6) is 0 Å². The van der Waals surface area contributed by atoms with E-state index in [2.05, 4.69) is 9.98 Å². The molecule has 1 aromatic carbocycles. The van der Waals surface area contributed by atoms with Crippen LogP contribution in [0, 0.1) is 11.2 Å². The fraction of sp³-hybridized carbons (Fsp3) is 0.318. The average Bonchev–Trinajstić information content (AvgIpc) is 2.80. The van der Waals surface area contributed by atoms with E-state index in [0.717, 1.165) is 24.5 Å². The number of morpholine rings is 1. The first-order valence-electron chi connectivity index (χ1n) is 10.00. The molecule has 10 heteroatoms. The zero-order chi connectivity index (χ0) is 23.7. The smallest absolute Gasteiger partial charge is 0.384 e. The lowest BCUT2D eigenvalue weighted by molar-refractivity contribution is -0.137. The molecule has 0 atom stereocenters. The van der Waals surface area contributed by atoms with Gasteiger partial charge in [0.25, 0.3) is 0 Å². The second kappa shape index (κ2) is 11.4. The predicted molar refractivity (Wildman–Crippen MR) is 118 cm³/mol. The highest BCUT2D eigenvalue weighted by Crippen LogP contribution is 2.30. The Morgan fingerprint density at radius 1 is 1.19 bits per heavy atom. The van der Waals surface area contributed by atoms with Crippen molar-refractivity contribution in [2.75, 3.05) is 31.2 Å². The highest BCUT2D eigenvalue weighted by molar-refractivity contribution is 6.16. The van der Waals surface area contributed by atoms with Gasteiger partial charge in [-0.3, -0.25) is 0 Å². The third-order valence-electron chi connectivity index (χ3n) is 4.41. The first-order chi connectivity index (χ1) is 15.3. The van der Waals surface area contributed by atoms with Crippen molar-refractivity contribution in [3.05, 3.63) is 59.5 Å². The minimum atomic E-state index is -4.45. The molecule has 32 heavy (non-hydrogen) atoms. The molecule has 0 saturated carbocycles. The van der Waals surface area contributed by atoms with Gasteiger partial charge in [0.15, 0.2) is 5.82 Å². The van der Waals surface area contributed by atoms with Crippen LogP contribution in [0.2, 0.25) is 0 Å². The number of benzene rings is 1. The lowest BCUT2D eigenvalue weighted by Gasteiger charge is -2.27. The molecule has 0 aliphatic carbocycles. The van der Waals surface area contributed by atoms with E-state index in [1.165, 1.54) is 24.3 Å². The highest BCUT2D eigenvalue weighted by Gasteiger charge is 2.30. The Labute approximate surface area is 183 Å². The predicted octanol–water partition coefficient (Wildman–Crippen LogP) is 4.82. The molecular weight excluding hydrogens is 426 g/mol. The minimum absolute atomic E-state index is 0.0306. The van der Waals surface area contributed by atoms with Gasteiger partial charge in [-0.1, -0.05) is 26.0 Å². The Morgan fingerprint density at radius 2 is 1.81 bits per heavy atom. The molecule has 3 N–H and O–H groups in total. The van der Waals surface area contributed by atoms with Crippen LogP contribution in [0.3, 0.4) is 0 Å². The Morgan fingerprint density at radius 3 is 2.38 bits per heavy atom. The summed E-state index contributed by atoms with van der Waals surface area (Å²) < 4.78 is 57.6. The van der Waals surface area contributed by atoms with Gasteiger partial charge in [-0.05, 0) is 23.8 Å². The van der Waals surface area contributed by atoms with Gasteiger partial charge in [-0.2, -0.15) is 13.2 Å². The van der Waals surface area contributed by atoms with E-state index in [0.29, 0.717) is 37.7 Å². The maximum atomic E-state index is 14.2. The number of nitrogens with one attached hydrogen (secondary N) is 1. The summed E-state index contributed by atoms with van der Waals surface area (Å²) in [7, 11) is 0. The van der Waals surface area contributed by atoms with E-state index >= 15 is 0 Å². The van der Waals surface area contributed by atoms with Gasteiger partial charge in [0, 0.05) is 30.9 Å². The van der Waals surface area contributed by atoms with Gasteiger partial charge in [-0.15, -0.1) is 0 Å². The standard InChI is InChI=1S/C20H19F4N5O.C2H6/c21-16-12-27-19(29-5-7-30-8-6-29)10-17(16)28-18(26)9-14(11-25)13-1-3-15(4-2-13)20(22,23)24;1-2/h1-4,9-12,25H,5-8H2,(H2,26,27,28);1-2H3/b14-9+,25-11?;. The van der Waals surface area contributed by atoms with Crippen LogP contribution in [-0.4, -0.2) is 43.3 Å². The minimum Gasteiger partial charge on any atom is -0.384 e. The van der Waals surface area contributed by atoms with Crippen LogP contribution in [0.25, 0.3) is 5.57 Å². The van der Waals surface area contributed by atoms with Gasteiger partial charge in [0.2, 0.25) is 0 Å². The number of alkyl halides is 3. The van der Waals surface area contributed by atoms with Crippen molar-refractivity contribution in [1.82, 2.24) is 4.98 Å². The molecular formula is C22H25F4N5O. The number of hydrogen-bond acceptors (Lipinski definition) is 5. The summed E-state index contributed by atoms with van der Waals surface area (Å²) in [6.45, 7) is 6.31. The number of anilines is 1. The van der Waals surface area contributed by atoms with Gasteiger partial charge in [0.05, 0.1) is 25.0 Å². The van der Waals surface area contributed by atoms with Crippen LogP contribution in [0.1, 0.15) is 25.0 Å². The lowest BCUT2D eigenvalue weighted by atomic mass is 10.0. The van der Waals surface area contributed by atoms with E-state index in [1.807, 2.05) is 18.7 Å². The molecule has 0 radical (unpaired) electrons. The van der Waals surface area contributed by atoms with Crippen LogP contribution >= 0.6 is 0 Å². The first kappa shape index (κ1) is 25.0. The van der Waals surface area contributed by atoms with Crippen molar-refractivity contribution < 1.29 is 22.3 Å². The van der Waals surface area contributed by atoms with Crippen LogP contribution in [0.15, 0.2) is 47.6 Å². The number of ether oxygens (including phenoxy) is 1. The third kappa shape index (κ3) is 6.61. The fourth-order valence-corrected chi connectivity index (χ4v) is 2.86. The fourth-order valence-electron chi connectivity index (χ4n) is 2.86. The van der Waals surface area contributed by atoms with E-state index in [4.69, 9.17) is 15.9 Å². The first-order valence-corrected chi connectivity index (χ1v) is 10.00. The summed E-state index contributed by atoms with van der Waals surface area (Å²) in [5, 5.41) is 7.53. The Bertz CT molecular complexity index is 965. The van der Waals surface area contributed by atoms with Crippen molar-refractivity contribution in [2.24, 2.45) is 10.7 Å². The number of allylic oxidation sites excluding steroid dienone is 1. The largest absolute Gasteiger partial charge is 0.416 e. The summed E-state index contributed by atoms with van der Waals surface area (Å²) >= 11 is 0. The molecule has 6 nitrogen and oxygen atoms in total. The van der Waals surface area contributed by atoms with E-state index in [1.54, 1.807) is 0 Å². The maximum Gasteiger partial charge on any atom is 0.416 e. The molecule has 0 amide bonds. The number of rotatable bonds is 5. The normalized spacial score (nSPS) is 15.1. The van der Waals surface area contributed by atoms with Crippen LogP contribution < -0.4 is 10.6 Å². The second-order valence-electron chi connectivity index (χ2n) is 6.45. The molecule has 172 valence electrons. The van der Waals surface area contributed by atoms with Crippen molar-refractivity contribution in [3.8, 4) is 0 Å². The monoisotopic (exact) mass is 451 g/mol. The van der Waals surface area contributed by atoms with Crippen molar-refractivity contribution >= 4 is 29.1 Å². The maximum absolute atomic E-state index is 14.2. The summed E-state index contributed by atoms with van der Waals surface area (Å²) in [4.78, 5) is 10.0. The third-order valence-corrected chi connectivity index (χ3v) is 4.41. The van der Waals surface area contributed by atoms with Crippen LogP contribution in [-0.2, 0) is 10.9 Å². The van der Waals surface area contributed by atoms with Crippen molar-refractivity contribution in [1.29, 1.82) is 5.41 Å². The number of aromatic nitrogens is 1. The zero-order valence-corrected chi connectivity index (χ0v) is 17.8. The van der Waals surface area contributed by atoms with E-state index in [9.17, 15) is 17.6 Å². The number of nitrogens with zero attached hydrogens (tertiary/aromatic N) is 3. The number of aliphatic imine (C=N–C) groups is 1. The topological polar surface area (TPSA) is 87.6 Å². The molecule has 3 rings (SSSR count). The molecule has 0 bridgehead atoms. The summed E-state index contributed by atoms with van der Waals surface area (Å²) in [6.07, 6.45) is -1.17. The van der Waals surface area contributed by atoms with Gasteiger partial charge >= 0.3 is 6.18 Å². The van der Waals surface area contributed by atoms with Crippen molar-refractivity contribution in [2.45, 2.75) is 20.0 Å². The van der Waals surface area contributed by atoms with Gasteiger partial charge in [-0.25, -0.2) is 14.4 Å². The second-order valence-corrected chi connectivity index (χ2v) is 6.45. The molecule has 1 aliphatic heterocycles. The molecule has 0 spiro atoms. The Kier molecular flexibility index (Phi) is 8.89. The summed E-state index contributed by atoms with van der Waals surface area (Å²) in [5.74, 6) is -0.244. The Balaban J connectivity index is 0.00000176.